The third kappa shape index (κ3) is 2.95. The van der Waals surface area contributed by atoms with E-state index in [0.29, 0.717) is 14.4 Å². The molecule has 0 nitrogen and oxygen atoms in total. The van der Waals surface area contributed by atoms with Gasteiger partial charge in [0, 0.05) is 14.9 Å². The van der Waals surface area contributed by atoms with Gasteiger partial charge < -0.3 is 0 Å². The highest BCUT2D eigenvalue weighted by Crippen LogP contribution is 2.42. The van der Waals surface area contributed by atoms with Gasteiger partial charge >= 0.3 is 0 Å². The predicted octanol–water partition coefficient (Wildman–Crippen LogP) is 6.55. The van der Waals surface area contributed by atoms with E-state index in [1.165, 1.54) is 11.3 Å². The van der Waals surface area contributed by atoms with Gasteiger partial charge in [-0.25, -0.2) is 4.39 Å². The summed E-state index contributed by atoms with van der Waals surface area (Å²) in [5.74, 6) is -0.255. The lowest BCUT2D eigenvalue weighted by Gasteiger charge is -2.10. The van der Waals surface area contributed by atoms with Gasteiger partial charge in [-0.3, -0.25) is 0 Å². The van der Waals surface area contributed by atoms with E-state index in [9.17, 15) is 4.39 Å². The molecule has 1 heterocycles. The normalized spacial score (nSPS) is 12.8. The number of alkyl halides is 1. The fourth-order valence-corrected chi connectivity index (χ4v) is 4.24. The van der Waals surface area contributed by atoms with Crippen molar-refractivity contribution in [3.05, 3.63) is 53.8 Å². The molecule has 90 valence electrons. The lowest BCUT2D eigenvalue weighted by molar-refractivity contribution is 0.607. The zero-order valence-corrected chi connectivity index (χ0v) is 14.5. The monoisotopic (exact) mass is 460 g/mol. The van der Waals surface area contributed by atoms with Crippen molar-refractivity contribution in [1.82, 2.24) is 0 Å². The van der Waals surface area contributed by atoms with Gasteiger partial charge in [-0.15, -0.1) is 11.3 Å². The van der Waals surface area contributed by atoms with Crippen LogP contribution in [0.15, 0.2) is 33.2 Å². The number of halogens is 5. The number of thiophene rings is 1. The molecule has 0 saturated heterocycles. The topological polar surface area (TPSA) is 0 Å². The third-order valence-electron chi connectivity index (χ3n) is 2.17. The minimum atomic E-state index is -0.255. The summed E-state index contributed by atoms with van der Waals surface area (Å²) in [7, 11) is 0. The van der Waals surface area contributed by atoms with Crippen molar-refractivity contribution in [1.29, 1.82) is 0 Å². The van der Waals surface area contributed by atoms with E-state index in [4.69, 9.17) is 11.6 Å². The van der Waals surface area contributed by atoms with Crippen LogP contribution >= 0.6 is 70.7 Å². The van der Waals surface area contributed by atoms with Crippen LogP contribution in [0.4, 0.5) is 4.39 Å². The minimum absolute atomic E-state index is 0.200. The summed E-state index contributed by atoms with van der Waals surface area (Å²) in [5, 5.41) is 0. The lowest BCUT2D eigenvalue weighted by Crippen LogP contribution is -1.94. The van der Waals surface area contributed by atoms with E-state index in [0.717, 1.165) is 9.35 Å². The standard InChI is InChI=1S/C11H5Br3ClFS/c12-6-3-1-2-5(10(6)16)9(14)8-4-7(13)11(15)17-8/h1-4,9H. The van der Waals surface area contributed by atoms with Crippen LogP contribution in [0.1, 0.15) is 15.3 Å². The van der Waals surface area contributed by atoms with Crippen LogP contribution in [-0.2, 0) is 0 Å². The van der Waals surface area contributed by atoms with Crippen molar-refractivity contribution >= 4 is 70.7 Å². The Morgan fingerprint density at radius 1 is 1.24 bits per heavy atom. The van der Waals surface area contributed by atoms with Gasteiger partial charge in [-0.1, -0.05) is 39.7 Å². The Labute approximate surface area is 133 Å². The lowest BCUT2D eigenvalue weighted by atomic mass is 10.1. The summed E-state index contributed by atoms with van der Waals surface area (Å²) in [4.78, 5) is 0.757. The van der Waals surface area contributed by atoms with E-state index in [2.05, 4.69) is 47.8 Å². The minimum Gasteiger partial charge on any atom is -0.205 e. The molecule has 0 aliphatic heterocycles. The second kappa shape index (κ2) is 5.70. The van der Waals surface area contributed by atoms with Crippen LogP contribution < -0.4 is 0 Å². The van der Waals surface area contributed by atoms with Crippen molar-refractivity contribution < 1.29 is 4.39 Å². The maximum absolute atomic E-state index is 13.9. The van der Waals surface area contributed by atoms with Gasteiger partial charge in [-0.05, 0) is 44.0 Å². The first kappa shape index (κ1) is 14.0. The fourth-order valence-electron chi connectivity index (χ4n) is 1.36. The predicted molar refractivity (Wildman–Crippen MR) is 81.9 cm³/mol. The van der Waals surface area contributed by atoms with Gasteiger partial charge in [0.1, 0.15) is 10.2 Å². The Morgan fingerprint density at radius 2 is 1.94 bits per heavy atom. The first-order valence-electron chi connectivity index (χ1n) is 4.53. The van der Waals surface area contributed by atoms with Gasteiger partial charge in [0.25, 0.3) is 0 Å². The Morgan fingerprint density at radius 3 is 2.53 bits per heavy atom. The number of hydrogen-bond donors (Lipinski definition) is 0. The summed E-state index contributed by atoms with van der Waals surface area (Å²) in [6.45, 7) is 0. The maximum atomic E-state index is 13.9. The van der Waals surface area contributed by atoms with Crippen LogP contribution in [0.25, 0.3) is 0 Å². The number of hydrogen-bond acceptors (Lipinski definition) is 1. The molecule has 1 unspecified atom stereocenters. The van der Waals surface area contributed by atoms with Gasteiger partial charge in [0.05, 0.1) is 9.30 Å². The van der Waals surface area contributed by atoms with E-state index in [1.54, 1.807) is 18.2 Å². The molecule has 0 aliphatic carbocycles. The van der Waals surface area contributed by atoms with E-state index in [1.807, 2.05) is 6.07 Å². The van der Waals surface area contributed by atoms with E-state index >= 15 is 0 Å². The Bertz CT molecular complexity index is 536. The molecule has 0 saturated carbocycles. The summed E-state index contributed by atoms with van der Waals surface area (Å²) < 4.78 is 15.9. The summed E-state index contributed by atoms with van der Waals surface area (Å²) in [5.41, 5.74) is 0.588. The third-order valence-corrected chi connectivity index (χ3v) is 6.61. The molecule has 0 radical (unpaired) electrons. The molecular formula is C11H5Br3ClFS. The van der Waals surface area contributed by atoms with Crippen LogP contribution in [0, 0.1) is 5.82 Å². The smallest absolute Gasteiger partial charge is 0.142 e. The molecule has 0 N–H and O–H groups in total. The summed E-state index contributed by atoms with van der Waals surface area (Å²) >= 11 is 17.4. The Balaban J connectivity index is 2.43. The first-order chi connectivity index (χ1) is 8.00. The summed E-state index contributed by atoms with van der Waals surface area (Å²) in [6.07, 6.45) is 0. The molecular weight excluding hydrogens is 458 g/mol. The zero-order chi connectivity index (χ0) is 12.6. The molecule has 17 heavy (non-hydrogen) atoms. The zero-order valence-electron chi connectivity index (χ0n) is 8.18. The second-order valence-corrected chi connectivity index (χ2v) is 7.59. The second-order valence-electron chi connectivity index (χ2n) is 3.28. The van der Waals surface area contributed by atoms with Crippen molar-refractivity contribution in [2.75, 3.05) is 0 Å². The summed E-state index contributed by atoms with van der Waals surface area (Å²) in [6, 6.07) is 7.13. The van der Waals surface area contributed by atoms with E-state index < -0.39 is 0 Å². The molecule has 2 aromatic rings. The van der Waals surface area contributed by atoms with Crippen molar-refractivity contribution in [2.24, 2.45) is 0 Å². The SMILES string of the molecule is Fc1c(Br)cccc1C(Br)c1cc(Br)c(Cl)s1. The Hall–Kier alpha value is 0.580. The molecule has 6 heteroatoms. The molecule has 0 amide bonds. The quantitative estimate of drug-likeness (QED) is 0.443. The molecule has 1 atom stereocenters. The highest BCUT2D eigenvalue weighted by Gasteiger charge is 2.19. The molecule has 1 aromatic carbocycles. The van der Waals surface area contributed by atoms with Crippen molar-refractivity contribution in [3.63, 3.8) is 0 Å². The van der Waals surface area contributed by atoms with Gasteiger partial charge in [-0.2, -0.15) is 0 Å². The van der Waals surface area contributed by atoms with Crippen molar-refractivity contribution in [2.45, 2.75) is 4.83 Å². The molecule has 0 spiro atoms. The fraction of sp³-hybridized carbons (Fsp3) is 0.0909. The van der Waals surface area contributed by atoms with Crippen LogP contribution in [0.3, 0.4) is 0 Å². The molecule has 0 fully saturated rings. The van der Waals surface area contributed by atoms with Gasteiger partial charge in [0.2, 0.25) is 0 Å². The molecule has 0 aliphatic rings. The van der Waals surface area contributed by atoms with Crippen LogP contribution in [0.2, 0.25) is 4.34 Å². The van der Waals surface area contributed by atoms with Crippen LogP contribution in [0.5, 0.6) is 0 Å². The molecule has 1 aromatic heterocycles. The average molecular weight is 463 g/mol. The molecule has 0 bridgehead atoms. The van der Waals surface area contributed by atoms with Crippen molar-refractivity contribution in [3.8, 4) is 0 Å². The molecule has 2 rings (SSSR count). The maximum Gasteiger partial charge on any atom is 0.142 e. The van der Waals surface area contributed by atoms with Crippen LogP contribution in [-0.4, -0.2) is 0 Å². The Kier molecular flexibility index (Phi) is 4.69. The average Bonchev–Trinajstić information content (AvgIpc) is 2.62. The first-order valence-corrected chi connectivity index (χ1v) is 8.23. The highest BCUT2D eigenvalue weighted by atomic mass is 79.9. The number of benzene rings is 1. The van der Waals surface area contributed by atoms with Gasteiger partial charge in [0.15, 0.2) is 0 Å². The number of rotatable bonds is 2. The van der Waals surface area contributed by atoms with E-state index in [-0.39, 0.29) is 10.6 Å². The highest BCUT2D eigenvalue weighted by molar-refractivity contribution is 9.11. The largest absolute Gasteiger partial charge is 0.205 e.